The maximum absolute atomic E-state index is 10.2. The van der Waals surface area contributed by atoms with Crippen LogP contribution in [0.5, 0.6) is 0 Å². The minimum Gasteiger partial charge on any atom is -0.396 e. The fourth-order valence-corrected chi connectivity index (χ4v) is 3.18. The molecular weight excluding hydrogens is 294 g/mol. The number of fused-ring (bicyclic) bond motifs is 1. The third kappa shape index (κ3) is 2.26. The Morgan fingerprint density at radius 2 is 2.14 bits per heavy atom. The number of hydrogen-bond acceptors (Lipinski definition) is 8. The van der Waals surface area contributed by atoms with Gasteiger partial charge in [-0.3, -0.25) is 0 Å². The Morgan fingerprint density at radius 3 is 2.76 bits per heavy atom. The molecule has 0 amide bonds. The number of aliphatic hydroxyl groups excluding tert-OH is 3. The molecule has 5 N–H and O–H groups in total. The van der Waals surface area contributed by atoms with Gasteiger partial charge in [-0.05, 0) is 12.7 Å². The zero-order chi connectivity index (χ0) is 15.1. The summed E-state index contributed by atoms with van der Waals surface area (Å²) >= 11 is 1.36. The molecule has 3 rings (SSSR count). The zero-order valence-corrected chi connectivity index (χ0v) is 12.2. The van der Waals surface area contributed by atoms with Gasteiger partial charge in [-0.25, -0.2) is 15.0 Å². The van der Waals surface area contributed by atoms with Crippen molar-refractivity contribution in [2.45, 2.75) is 29.8 Å². The first-order valence-electron chi connectivity index (χ1n) is 6.57. The molecule has 1 fully saturated rings. The van der Waals surface area contributed by atoms with E-state index < -0.39 is 18.2 Å². The molecular formula is C12H17N5O3S. The Kier molecular flexibility index (Phi) is 3.74. The molecule has 0 saturated heterocycles. The summed E-state index contributed by atoms with van der Waals surface area (Å²) in [6.45, 7) is -0.172. The van der Waals surface area contributed by atoms with E-state index >= 15 is 0 Å². The van der Waals surface area contributed by atoms with Gasteiger partial charge in [0.2, 0.25) is 0 Å². The van der Waals surface area contributed by atoms with Gasteiger partial charge in [-0.1, -0.05) is 11.8 Å². The van der Waals surface area contributed by atoms with Gasteiger partial charge in [-0.15, -0.1) is 0 Å². The molecule has 21 heavy (non-hydrogen) atoms. The Balaban J connectivity index is 2.07. The van der Waals surface area contributed by atoms with Crippen LogP contribution in [0.15, 0.2) is 11.5 Å². The fraction of sp³-hybridized carbons (Fsp3) is 0.583. The van der Waals surface area contributed by atoms with Crippen LogP contribution >= 0.6 is 11.8 Å². The van der Waals surface area contributed by atoms with Gasteiger partial charge < -0.3 is 25.6 Å². The van der Waals surface area contributed by atoms with Gasteiger partial charge in [0.15, 0.2) is 16.6 Å². The lowest BCUT2D eigenvalue weighted by atomic mass is 10.1. The molecule has 2 heterocycles. The highest BCUT2D eigenvalue weighted by molar-refractivity contribution is 7.98. The highest BCUT2D eigenvalue weighted by Gasteiger charge is 2.42. The van der Waals surface area contributed by atoms with Crippen LogP contribution in [0.1, 0.15) is 12.5 Å². The molecule has 2 aromatic heterocycles. The molecule has 114 valence electrons. The highest BCUT2D eigenvalue weighted by atomic mass is 32.2. The molecule has 2 aromatic rings. The van der Waals surface area contributed by atoms with Crippen LogP contribution in [-0.4, -0.2) is 59.9 Å². The number of hydrogen-bond donors (Lipinski definition) is 4. The van der Waals surface area contributed by atoms with Crippen LogP contribution in [0.2, 0.25) is 0 Å². The monoisotopic (exact) mass is 311 g/mol. The minimum absolute atomic E-state index is 0.172. The van der Waals surface area contributed by atoms with Crippen LogP contribution in [0, 0.1) is 5.92 Å². The number of aliphatic hydroxyl groups is 3. The van der Waals surface area contributed by atoms with Gasteiger partial charge in [-0.2, -0.15) is 0 Å². The van der Waals surface area contributed by atoms with E-state index in [-0.39, 0.29) is 18.3 Å². The van der Waals surface area contributed by atoms with E-state index in [4.69, 9.17) is 5.73 Å². The van der Waals surface area contributed by atoms with Crippen LogP contribution in [0.3, 0.4) is 0 Å². The van der Waals surface area contributed by atoms with Crippen molar-refractivity contribution in [1.29, 1.82) is 0 Å². The second kappa shape index (κ2) is 5.41. The van der Waals surface area contributed by atoms with Crippen LogP contribution in [-0.2, 0) is 0 Å². The van der Waals surface area contributed by atoms with Crippen LogP contribution in [0.25, 0.3) is 11.2 Å². The SMILES string of the molecule is CSc1nc(N)c2ncn([C@@H]3C[C@H](CO)C(O)[C@@H]3O)c2n1. The average Bonchev–Trinajstić information content (AvgIpc) is 3.02. The third-order valence-corrected chi connectivity index (χ3v) is 4.52. The standard InChI is InChI=1S/C12H17N5O3S/c1-21-12-15-10(13)7-11(16-12)17(4-14-7)6-2-5(3-18)8(19)9(6)20/h4-6,8-9,18-20H,2-3H2,1H3,(H2,13,15,16)/t5-,6-,8?,9-/m1/s1. The van der Waals surface area contributed by atoms with Crippen molar-refractivity contribution < 1.29 is 15.3 Å². The smallest absolute Gasteiger partial charge is 0.191 e. The summed E-state index contributed by atoms with van der Waals surface area (Å²) in [4.78, 5) is 12.7. The lowest BCUT2D eigenvalue weighted by molar-refractivity contribution is -0.00371. The largest absolute Gasteiger partial charge is 0.396 e. The first kappa shape index (κ1) is 14.5. The first-order valence-corrected chi connectivity index (χ1v) is 7.80. The Labute approximate surface area is 125 Å². The second-order valence-corrected chi connectivity index (χ2v) is 5.92. The van der Waals surface area contributed by atoms with E-state index in [0.29, 0.717) is 22.7 Å². The Hall–Kier alpha value is -1.42. The molecule has 1 saturated carbocycles. The molecule has 4 atom stereocenters. The lowest BCUT2D eigenvalue weighted by Crippen LogP contribution is -2.30. The molecule has 1 unspecified atom stereocenters. The molecule has 9 heteroatoms. The maximum Gasteiger partial charge on any atom is 0.191 e. The van der Waals surface area contributed by atoms with Crippen molar-refractivity contribution in [3.05, 3.63) is 6.33 Å². The van der Waals surface area contributed by atoms with Crippen molar-refractivity contribution in [3.63, 3.8) is 0 Å². The van der Waals surface area contributed by atoms with E-state index in [1.54, 1.807) is 10.9 Å². The summed E-state index contributed by atoms with van der Waals surface area (Å²) in [5.41, 5.74) is 6.87. The minimum atomic E-state index is -0.978. The maximum atomic E-state index is 10.2. The quantitative estimate of drug-likeness (QED) is 0.437. The van der Waals surface area contributed by atoms with E-state index in [1.807, 2.05) is 6.26 Å². The molecule has 0 bridgehead atoms. The summed E-state index contributed by atoms with van der Waals surface area (Å²) in [5, 5.41) is 29.9. The summed E-state index contributed by atoms with van der Waals surface area (Å²) < 4.78 is 1.70. The molecule has 0 aromatic carbocycles. The van der Waals surface area contributed by atoms with Gasteiger partial charge in [0.25, 0.3) is 0 Å². The number of aromatic nitrogens is 4. The molecule has 1 aliphatic rings. The van der Waals surface area contributed by atoms with E-state index in [1.165, 1.54) is 11.8 Å². The normalized spacial score (nSPS) is 29.3. The zero-order valence-electron chi connectivity index (χ0n) is 11.4. The summed E-state index contributed by atoms with van der Waals surface area (Å²) in [5.74, 6) is -0.0727. The van der Waals surface area contributed by atoms with Gasteiger partial charge >= 0.3 is 0 Å². The van der Waals surface area contributed by atoms with Crippen molar-refractivity contribution >= 4 is 28.7 Å². The number of nitrogen functional groups attached to an aromatic ring is 1. The van der Waals surface area contributed by atoms with E-state index in [9.17, 15) is 15.3 Å². The third-order valence-electron chi connectivity index (χ3n) is 3.97. The van der Waals surface area contributed by atoms with Crippen LogP contribution in [0.4, 0.5) is 5.82 Å². The molecule has 8 nitrogen and oxygen atoms in total. The van der Waals surface area contributed by atoms with Gasteiger partial charge in [0, 0.05) is 12.5 Å². The Bertz CT molecular complexity index is 664. The lowest BCUT2D eigenvalue weighted by Gasteiger charge is -2.18. The number of nitrogens with zero attached hydrogens (tertiary/aromatic N) is 4. The number of rotatable bonds is 3. The highest BCUT2D eigenvalue weighted by Crippen LogP contribution is 2.37. The van der Waals surface area contributed by atoms with Crippen molar-refractivity contribution in [3.8, 4) is 0 Å². The van der Waals surface area contributed by atoms with E-state index in [2.05, 4.69) is 15.0 Å². The predicted octanol–water partition coefficient (Wildman–Crippen LogP) is -0.595. The van der Waals surface area contributed by atoms with Crippen LogP contribution < -0.4 is 5.73 Å². The summed E-state index contributed by atoms with van der Waals surface area (Å²) in [6.07, 6.45) is 1.89. The summed E-state index contributed by atoms with van der Waals surface area (Å²) in [6, 6.07) is -0.397. The van der Waals surface area contributed by atoms with Crippen molar-refractivity contribution in [1.82, 2.24) is 19.5 Å². The Morgan fingerprint density at radius 1 is 1.38 bits per heavy atom. The van der Waals surface area contributed by atoms with Crippen molar-refractivity contribution in [2.75, 3.05) is 18.6 Å². The van der Waals surface area contributed by atoms with Gasteiger partial charge in [0.05, 0.1) is 18.5 Å². The van der Waals surface area contributed by atoms with Gasteiger partial charge in [0.1, 0.15) is 11.6 Å². The number of thioether (sulfide) groups is 1. The number of anilines is 1. The van der Waals surface area contributed by atoms with E-state index in [0.717, 1.165) is 0 Å². The second-order valence-electron chi connectivity index (χ2n) is 5.15. The molecule has 0 radical (unpaired) electrons. The molecule has 1 aliphatic carbocycles. The molecule has 0 spiro atoms. The number of nitrogens with two attached hydrogens (primary N) is 1. The summed E-state index contributed by atoms with van der Waals surface area (Å²) in [7, 11) is 0. The molecule has 0 aliphatic heterocycles. The predicted molar refractivity (Wildman–Crippen MR) is 77.8 cm³/mol. The fourth-order valence-electron chi connectivity index (χ4n) is 2.81. The topological polar surface area (TPSA) is 130 Å². The average molecular weight is 311 g/mol. The first-order chi connectivity index (χ1) is 10.1. The number of imidazole rings is 1. The van der Waals surface area contributed by atoms with Crippen molar-refractivity contribution in [2.24, 2.45) is 5.92 Å².